The first kappa shape index (κ1) is 16.2. The number of anilines is 1. The van der Waals surface area contributed by atoms with E-state index in [1.54, 1.807) is 6.92 Å². The molecule has 0 unspecified atom stereocenters. The lowest BCUT2D eigenvalue weighted by Crippen LogP contribution is -2.17. The van der Waals surface area contributed by atoms with Crippen LogP contribution >= 0.6 is 0 Å². The molecule has 0 fully saturated rings. The molecule has 0 radical (unpaired) electrons. The van der Waals surface area contributed by atoms with Crippen LogP contribution in [0.3, 0.4) is 0 Å². The number of amides is 1. The number of ether oxygens (including phenoxy) is 1. The first-order chi connectivity index (χ1) is 9.23. The second-order valence-electron chi connectivity index (χ2n) is 5.16. The molecular weight excluding hydrogens is 280 g/mol. The molecule has 3 nitrogen and oxygen atoms in total. The summed E-state index contributed by atoms with van der Waals surface area (Å²) in [7, 11) is -1.67. The van der Waals surface area contributed by atoms with Crippen LogP contribution in [-0.2, 0) is 4.74 Å². The van der Waals surface area contributed by atoms with Crippen LogP contribution in [0.4, 0.5) is 19.3 Å². The van der Waals surface area contributed by atoms with E-state index < -0.39 is 25.8 Å². The van der Waals surface area contributed by atoms with Gasteiger partial charge in [-0.3, -0.25) is 5.32 Å². The fraction of sp³-hybridized carbons (Fsp3) is 0.357. The third-order valence-electron chi connectivity index (χ3n) is 2.14. The molecule has 0 aromatic heterocycles. The van der Waals surface area contributed by atoms with Crippen LogP contribution in [0, 0.1) is 23.1 Å². The summed E-state index contributed by atoms with van der Waals surface area (Å²) in [4.78, 5) is 11.4. The Morgan fingerprint density at radius 1 is 1.30 bits per heavy atom. The average Bonchev–Trinajstić information content (AvgIpc) is 2.31. The summed E-state index contributed by atoms with van der Waals surface area (Å²) in [6.07, 6.45) is -0.727. The summed E-state index contributed by atoms with van der Waals surface area (Å²) in [5.41, 5.74) is 3.38. The van der Waals surface area contributed by atoms with Crippen LogP contribution in [-0.4, -0.2) is 20.8 Å². The molecule has 108 valence electrons. The van der Waals surface area contributed by atoms with Gasteiger partial charge in [0.15, 0.2) is 11.6 Å². The number of carbonyl (C=O) groups excluding carboxylic acids is 1. The van der Waals surface area contributed by atoms with Gasteiger partial charge in [0.2, 0.25) is 0 Å². The van der Waals surface area contributed by atoms with E-state index >= 15 is 0 Å². The van der Waals surface area contributed by atoms with Gasteiger partial charge in [-0.2, -0.15) is 0 Å². The third-order valence-corrected chi connectivity index (χ3v) is 3.02. The van der Waals surface area contributed by atoms with Crippen molar-refractivity contribution in [1.82, 2.24) is 0 Å². The molecule has 1 aromatic carbocycles. The smallest absolute Gasteiger partial charge is 0.411 e. The Balaban J connectivity index is 3.16. The van der Waals surface area contributed by atoms with Crippen molar-refractivity contribution >= 4 is 19.9 Å². The van der Waals surface area contributed by atoms with Gasteiger partial charge in [-0.1, -0.05) is 25.6 Å². The summed E-state index contributed by atoms with van der Waals surface area (Å²) < 4.78 is 31.3. The average molecular weight is 297 g/mol. The minimum absolute atomic E-state index is 0.105. The molecule has 6 heteroatoms. The van der Waals surface area contributed by atoms with E-state index in [1.807, 2.05) is 19.6 Å². The van der Waals surface area contributed by atoms with Crippen LogP contribution in [0.15, 0.2) is 12.1 Å². The topological polar surface area (TPSA) is 38.3 Å². The predicted molar refractivity (Wildman–Crippen MR) is 77.2 cm³/mol. The van der Waals surface area contributed by atoms with Crippen LogP contribution in [0.1, 0.15) is 12.5 Å². The molecule has 1 amide bonds. The van der Waals surface area contributed by atoms with Gasteiger partial charge in [0.05, 0.1) is 17.9 Å². The van der Waals surface area contributed by atoms with E-state index in [2.05, 4.69) is 16.8 Å². The Kier molecular flexibility index (Phi) is 5.28. The first-order valence-corrected chi connectivity index (χ1v) is 9.69. The van der Waals surface area contributed by atoms with Crippen LogP contribution in [0.25, 0.3) is 0 Å². The fourth-order valence-corrected chi connectivity index (χ4v) is 1.80. The van der Waals surface area contributed by atoms with E-state index in [1.165, 1.54) is 0 Å². The second-order valence-corrected chi connectivity index (χ2v) is 9.91. The lowest BCUT2D eigenvalue weighted by molar-refractivity contribution is 0.168. The summed E-state index contributed by atoms with van der Waals surface area (Å²) in [5, 5.41) is 2.36. The van der Waals surface area contributed by atoms with E-state index in [4.69, 9.17) is 4.74 Å². The SMILES string of the molecule is CCOC(=O)Nc1cc(F)c(F)cc1C#C[Si](C)(C)C. The second kappa shape index (κ2) is 6.53. The Hall–Kier alpha value is -1.87. The Morgan fingerprint density at radius 3 is 2.45 bits per heavy atom. The molecule has 1 rings (SSSR count). The molecular formula is C14H17F2NO2Si. The summed E-state index contributed by atoms with van der Waals surface area (Å²) in [6.45, 7) is 7.91. The highest BCUT2D eigenvalue weighted by atomic mass is 28.3. The maximum absolute atomic E-state index is 13.3. The van der Waals surface area contributed by atoms with Gasteiger partial charge in [-0.15, -0.1) is 5.54 Å². The molecule has 0 saturated carbocycles. The number of hydrogen-bond donors (Lipinski definition) is 1. The number of hydrogen-bond acceptors (Lipinski definition) is 2. The van der Waals surface area contributed by atoms with Crippen molar-refractivity contribution in [3.8, 4) is 11.5 Å². The lowest BCUT2D eigenvalue weighted by Gasteiger charge is -2.09. The molecule has 1 aromatic rings. The zero-order valence-electron chi connectivity index (χ0n) is 11.9. The lowest BCUT2D eigenvalue weighted by atomic mass is 10.2. The van der Waals surface area contributed by atoms with E-state index in [0.29, 0.717) is 0 Å². The number of carbonyl (C=O) groups is 1. The fourth-order valence-electron chi connectivity index (χ4n) is 1.29. The van der Waals surface area contributed by atoms with Gasteiger partial charge in [-0.25, -0.2) is 13.6 Å². The highest BCUT2D eigenvalue weighted by molar-refractivity contribution is 6.83. The highest BCUT2D eigenvalue weighted by Gasteiger charge is 2.13. The van der Waals surface area contributed by atoms with Crippen molar-refractivity contribution in [2.24, 2.45) is 0 Å². The number of halogens is 2. The maximum atomic E-state index is 13.3. The van der Waals surface area contributed by atoms with Crippen molar-refractivity contribution in [2.45, 2.75) is 26.6 Å². The first-order valence-electron chi connectivity index (χ1n) is 6.19. The van der Waals surface area contributed by atoms with Gasteiger partial charge >= 0.3 is 6.09 Å². The standard InChI is InChI=1S/C14H17F2NO2Si/c1-5-19-14(18)17-13-9-12(16)11(15)8-10(13)6-7-20(2,3)4/h8-9H,5H2,1-4H3,(H,17,18). The van der Waals surface area contributed by atoms with Crippen LogP contribution in [0.5, 0.6) is 0 Å². The zero-order chi connectivity index (χ0) is 15.3. The van der Waals surface area contributed by atoms with Gasteiger partial charge in [0, 0.05) is 6.07 Å². The zero-order valence-corrected chi connectivity index (χ0v) is 12.9. The summed E-state index contributed by atoms with van der Waals surface area (Å²) in [6, 6.07) is 1.88. The molecule has 0 aliphatic heterocycles. The molecule has 1 N–H and O–H groups in total. The molecule has 0 aliphatic rings. The van der Waals surface area contributed by atoms with Crippen molar-refractivity contribution in [3.05, 3.63) is 29.3 Å². The predicted octanol–water partition coefficient (Wildman–Crippen LogP) is 3.76. The molecule has 0 aliphatic carbocycles. The van der Waals surface area contributed by atoms with E-state index in [0.717, 1.165) is 12.1 Å². The number of benzene rings is 1. The number of rotatable bonds is 2. The van der Waals surface area contributed by atoms with E-state index in [-0.39, 0.29) is 17.9 Å². The van der Waals surface area contributed by atoms with Gasteiger partial charge in [0.1, 0.15) is 8.07 Å². The largest absolute Gasteiger partial charge is 0.450 e. The van der Waals surface area contributed by atoms with Crippen LogP contribution < -0.4 is 5.32 Å². The molecule has 0 bridgehead atoms. The van der Waals surface area contributed by atoms with Crippen molar-refractivity contribution in [3.63, 3.8) is 0 Å². The quantitative estimate of drug-likeness (QED) is 0.666. The minimum Gasteiger partial charge on any atom is -0.450 e. The number of nitrogens with one attached hydrogen (secondary N) is 1. The van der Waals surface area contributed by atoms with Gasteiger partial charge in [0.25, 0.3) is 0 Å². The summed E-state index contributed by atoms with van der Waals surface area (Å²) >= 11 is 0. The Bertz CT molecular complexity index is 571. The molecule has 0 saturated heterocycles. The third kappa shape index (κ3) is 5.01. The minimum atomic E-state index is -1.67. The Labute approximate surface area is 118 Å². The molecule has 0 atom stereocenters. The maximum Gasteiger partial charge on any atom is 0.411 e. The van der Waals surface area contributed by atoms with Crippen molar-refractivity contribution in [2.75, 3.05) is 11.9 Å². The molecule has 0 heterocycles. The monoisotopic (exact) mass is 297 g/mol. The van der Waals surface area contributed by atoms with Crippen molar-refractivity contribution < 1.29 is 18.3 Å². The highest BCUT2D eigenvalue weighted by Crippen LogP contribution is 2.20. The van der Waals surface area contributed by atoms with Gasteiger partial charge < -0.3 is 4.74 Å². The van der Waals surface area contributed by atoms with Crippen LogP contribution in [0.2, 0.25) is 19.6 Å². The Morgan fingerprint density at radius 2 is 1.90 bits per heavy atom. The summed E-state index contributed by atoms with van der Waals surface area (Å²) in [5.74, 6) is 0.757. The van der Waals surface area contributed by atoms with E-state index in [9.17, 15) is 13.6 Å². The van der Waals surface area contributed by atoms with Gasteiger partial charge in [-0.05, 0) is 13.0 Å². The molecule has 0 spiro atoms. The molecule has 20 heavy (non-hydrogen) atoms. The normalized spacial score (nSPS) is 10.5. The van der Waals surface area contributed by atoms with Crippen molar-refractivity contribution in [1.29, 1.82) is 0 Å².